The molecule has 24 heavy (non-hydrogen) atoms. The lowest BCUT2D eigenvalue weighted by atomic mass is 10.2. The molecule has 3 rings (SSSR count). The maximum absolute atomic E-state index is 12.4. The Kier molecular flexibility index (Phi) is 5.06. The van der Waals surface area contributed by atoms with Crippen LogP contribution < -0.4 is 15.0 Å². The lowest BCUT2D eigenvalue weighted by molar-refractivity contribution is 0.0939. The van der Waals surface area contributed by atoms with Crippen molar-refractivity contribution in [3.8, 4) is 5.75 Å². The molecule has 1 amide bonds. The average molecular weight is 364 g/mol. The molecule has 1 aromatic heterocycles. The van der Waals surface area contributed by atoms with Crippen molar-refractivity contribution in [2.75, 3.05) is 25.1 Å². The van der Waals surface area contributed by atoms with E-state index in [0.717, 1.165) is 24.4 Å². The number of carbonyl (C=O) groups is 1. The lowest BCUT2D eigenvalue weighted by Crippen LogP contribution is -2.37. The van der Waals surface area contributed by atoms with Gasteiger partial charge in [0.25, 0.3) is 5.91 Å². The number of halogens is 1. The second kappa shape index (κ2) is 7.23. The maximum atomic E-state index is 12.4. The first-order valence-electron chi connectivity index (χ1n) is 7.65. The Hall–Kier alpha value is -2.05. The fourth-order valence-corrected chi connectivity index (χ4v) is 3.27. The van der Waals surface area contributed by atoms with Crippen LogP contribution in [0.3, 0.4) is 0 Å². The summed E-state index contributed by atoms with van der Waals surface area (Å²) in [4.78, 5) is 17.4. The standard InChI is InChI=1S/C17H18ClN3O2S/c1-23-15-5-4-11(18)9-14(15)21-8-6-12(10-21)20-16(22)13-3-2-7-19-17(13)24/h2-5,7,9,12H,6,8,10H2,1H3,(H,19,24)(H,20,22)/t12-/m1/s1. The Morgan fingerprint density at radius 1 is 1.46 bits per heavy atom. The van der Waals surface area contributed by atoms with Crippen molar-refractivity contribution in [3.05, 3.63) is 51.8 Å². The first-order valence-corrected chi connectivity index (χ1v) is 8.44. The highest BCUT2D eigenvalue weighted by molar-refractivity contribution is 7.71. The van der Waals surface area contributed by atoms with Gasteiger partial charge >= 0.3 is 0 Å². The second-order valence-electron chi connectivity index (χ2n) is 5.63. The Morgan fingerprint density at radius 3 is 3.04 bits per heavy atom. The van der Waals surface area contributed by atoms with Gasteiger partial charge in [-0.05, 0) is 36.8 Å². The van der Waals surface area contributed by atoms with Crippen molar-refractivity contribution in [1.82, 2.24) is 10.3 Å². The van der Waals surface area contributed by atoms with Crippen LogP contribution >= 0.6 is 23.8 Å². The molecule has 1 fully saturated rings. The van der Waals surface area contributed by atoms with E-state index < -0.39 is 0 Å². The van der Waals surface area contributed by atoms with Crippen molar-refractivity contribution >= 4 is 35.4 Å². The van der Waals surface area contributed by atoms with Crippen LogP contribution in [0.15, 0.2) is 36.5 Å². The molecule has 126 valence electrons. The highest BCUT2D eigenvalue weighted by Crippen LogP contribution is 2.33. The number of nitrogens with one attached hydrogen (secondary N) is 2. The SMILES string of the molecule is COc1ccc(Cl)cc1N1CC[C@@H](NC(=O)c2ccc[nH]c2=S)C1. The van der Waals surface area contributed by atoms with E-state index >= 15 is 0 Å². The summed E-state index contributed by atoms with van der Waals surface area (Å²) in [6.07, 6.45) is 2.56. The van der Waals surface area contributed by atoms with Gasteiger partial charge in [-0.25, -0.2) is 0 Å². The molecule has 1 aromatic carbocycles. The number of carbonyl (C=O) groups excluding carboxylic acids is 1. The summed E-state index contributed by atoms with van der Waals surface area (Å²) in [6.45, 7) is 1.52. The minimum absolute atomic E-state index is 0.0517. The number of rotatable bonds is 4. The molecule has 1 atom stereocenters. The average Bonchev–Trinajstić information content (AvgIpc) is 3.03. The van der Waals surface area contributed by atoms with Crippen LogP contribution in [0.5, 0.6) is 5.75 Å². The zero-order chi connectivity index (χ0) is 17.1. The van der Waals surface area contributed by atoms with Gasteiger partial charge in [0, 0.05) is 30.4 Å². The van der Waals surface area contributed by atoms with Gasteiger partial charge in [0.05, 0.1) is 18.4 Å². The normalized spacial score (nSPS) is 16.9. The number of nitrogens with zero attached hydrogens (tertiary/aromatic N) is 1. The molecular weight excluding hydrogens is 346 g/mol. The van der Waals surface area contributed by atoms with E-state index in [9.17, 15) is 4.79 Å². The molecular formula is C17H18ClN3O2S. The molecule has 0 spiro atoms. The summed E-state index contributed by atoms with van der Waals surface area (Å²) < 4.78 is 5.85. The van der Waals surface area contributed by atoms with Crippen LogP contribution in [0.4, 0.5) is 5.69 Å². The molecule has 0 aliphatic carbocycles. The zero-order valence-corrected chi connectivity index (χ0v) is 14.8. The number of anilines is 1. The second-order valence-corrected chi connectivity index (χ2v) is 6.48. The van der Waals surface area contributed by atoms with Gasteiger partial charge in [0.2, 0.25) is 0 Å². The van der Waals surface area contributed by atoms with E-state index in [1.165, 1.54) is 0 Å². The summed E-state index contributed by atoms with van der Waals surface area (Å²) >= 11 is 11.3. The molecule has 0 radical (unpaired) electrons. The molecule has 0 unspecified atom stereocenters. The van der Waals surface area contributed by atoms with Crippen LogP contribution in [-0.2, 0) is 0 Å². The molecule has 2 N–H and O–H groups in total. The Bertz CT molecular complexity index is 808. The third-order valence-electron chi connectivity index (χ3n) is 4.07. The van der Waals surface area contributed by atoms with Crippen LogP contribution in [-0.4, -0.2) is 37.1 Å². The summed E-state index contributed by atoms with van der Waals surface area (Å²) in [6, 6.07) is 9.08. The predicted octanol–water partition coefficient (Wildman–Crippen LogP) is 3.41. The van der Waals surface area contributed by atoms with E-state index in [2.05, 4.69) is 15.2 Å². The van der Waals surface area contributed by atoms with Crippen LogP contribution in [0.2, 0.25) is 5.02 Å². The Labute approximate surface area is 150 Å². The maximum Gasteiger partial charge on any atom is 0.254 e. The minimum atomic E-state index is -0.151. The number of hydrogen-bond donors (Lipinski definition) is 2. The Balaban J connectivity index is 1.70. The van der Waals surface area contributed by atoms with Gasteiger partial charge in [0.15, 0.2) is 0 Å². The predicted molar refractivity (Wildman–Crippen MR) is 97.7 cm³/mol. The molecule has 1 saturated heterocycles. The number of ether oxygens (including phenoxy) is 1. The summed E-state index contributed by atoms with van der Waals surface area (Å²) in [7, 11) is 1.64. The van der Waals surface area contributed by atoms with Crippen molar-refractivity contribution in [1.29, 1.82) is 0 Å². The van der Waals surface area contributed by atoms with Crippen molar-refractivity contribution in [3.63, 3.8) is 0 Å². The molecule has 1 aliphatic rings. The van der Waals surface area contributed by atoms with Gasteiger partial charge in [-0.15, -0.1) is 0 Å². The van der Waals surface area contributed by atoms with Gasteiger partial charge < -0.3 is 19.9 Å². The number of aromatic nitrogens is 1. The van der Waals surface area contributed by atoms with E-state index in [4.69, 9.17) is 28.6 Å². The molecule has 7 heteroatoms. The molecule has 2 heterocycles. The highest BCUT2D eigenvalue weighted by Gasteiger charge is 2.26. The van der Waals surface area contributed by atoms with Gasteiger partial charge in [0.1, 0.15) is 10.4 Å². The van der Waals surface area contributed by atoms with Crippen molar-refractivity contribution in [2.24, 2.45) is 0 Å². The monoisotopic (exact) mass is 363 g/mol. The number of benzene rings is 1. The summed E-state index contributed by atoms with van der Waals surface area (Å²) in [5.74, 6) is 0.624. The fourth-order valence-electron chi connectivity index (χ4n) is 2.87. The Morgan fingerprint density at radius 2 is 2.29 bits per heavy atom. The molecule has 0 bridgehead atoms. The number of H-pyrrole nitrogens is 1. The third kappa shape index (κ3) is 3.55. The van der Waals surface area contributed by atoms with E-state index in [1.807, 2.05) is 12.1 Å². The number of methoxy groups -OCH3 is 1. The zero-order valence-electron chi connectivity index (χ0n) is 13.2. The quantitative estimate of drug-likeness (QED) is 0.817. The van der Waals surface area contributed by atoms with Crippen LogP contribution in [0.1, 0.15) is 16.8 Å². The number of amides is 1. The lowest BCUT2D eigenvalue weighted by Gasteiger charge is -2.21. The van der Waals surface area contributed by atoms with Gasteiger partial charge in [-0.2, -0.15) is 0 Å². The number of aromatic amines is 1. The van der Waals surface area contributed by atoms with Crippen molar-refractivity contribution in [2.45, 2.75) is 12.5 Å². The first-order chi connectivity index (χ1) is 11.6. The highest BCUT2D eigenvalue weighted by atomic mass is 35.5. The fraction of sp³-hybridized carbons (Fsp3) is 0.294. The van der Waals surface area contributed by atoms with Gasteiger partial charge in [-0.3, -0.25) is 4.79 Å². The number of pyridine rings is 1. The molecule has 0 saturated carbocycles. The number of hydrogen-bond acceptors (Lipinski definition) is 4. The molecule has 2 aromatic rings. The first kappa shape index (κ1) is 16.8. The summed E-state index contributed by atoms with van der Waals surface area (Å²) in [5.41, 5.74) is 1.44. The van der Waals surface area contributed by atoms with E-state index in [1.54, 1.807) is 31.5 Å². The topological polar surface area (TPSA) is 57.4 Å². The third-order valence-corrected chi connectivity index (χ3v) is 4.64. The van der Waals surface area contributed by atoms with E-state index in [-0.39, 0.29) is 11.9 Å². The molecule has 1 aliphatic heterocycles. The van der Waals surface area contributed by atoms with Crippen LogP contribution in [0, 0.1) is 4.64 Å². The van der Waals surface area contributed by atoms with E-state index in [0.29, 0.717) is 21.8 Å². The summed E-state index contributed by atoms with van der Waals surface area (Å²) in [5, 5.41) is 3.71. The smallest absolute Gasteiger partial charge is 0.254 e. The minimum Gasteiger partial charge on any atom is -0.495 e. The van der Waals surface area contributed by atoms with Gasteiger partial charge in [-0.1, -0.05) is 23.8 Å². The van der Waals surface area contributed by atoms with Crippen molar-refractivity contribution < 1.29 is 9.53 Å². The van der Waals surface area contributed by atoms with Crippen LogP contribution in [0.25, 0.3) is 0 Å². The largest absolute Gasteiger partial charge is 0.495 e. The molecule has 5 nitrogen and oxygen atoms in total.